The Hall–Kier alpha value is -3.72. The number of fused-ring (bicyclic) bond motifs is 5. The van der Waals surface area contributed by atoms with E-state index in [0.717, 1.165) is 16.5 Å². The molecular formula is C24H23N3O6. The number of carbonyl (C=O) groups excluding carboxylic acids is 2. The number of pyridine rings is 2. The van der Waals surface area contributed by atoms with Gasteiger partial charge in [0.1, 0.15) is 6.61 Å². The zero-order valence-electron chi connectivity index (χ0n) is 18.3. The third-order valence-electron chi connectivity index (χ3n) is 6.65. The highest BCUT2D eigenvalue weighted by atomic mass is 16.6. The van der Waals surface area contributed by atoms with Gasteiger partial charge in [0.05, 0.1) is 36.1 Å². The summed E-state index contributed by atoms with van der Waals surface area (Å²) in [6.45, 7) is 1.80. The molecule has 3 N–H and O–H groups in total. The lowest BCUT2D eigenvalue weighted by atomic mass is 9.86. The fraction of sp³-hybridized carbons (Fsp3) is 0.333. The number of nitrogens with zero attached hydrogens (tertiary/aromatic N) is 2. The summed E-state index contributed by atoms with van der Waals surface area (Å²) in [5, 5.41) is 11.7. The first-order chi connectivity index (χ1) is 15.8. The Bertz CT molecular complexity index is 1410. The number of methoxy groups -OCH3 is 1. The summed E-state index contributed by atoms with van der Waals surface area (Å²) in [5.74, 6) is -1.06. The fourth-order valence-electron chi connectivity index (χ4n) is 4.68. The molecule has 0 amide bonds. The van der Waals surface area contributed by atoms with Crippen molar-refractivity contribution in [2.75, 3.05) is 12.8 Å². The van der Waals surface area contributed by atoms with Crippen molar-refractivity contribution in [2.24, 2.45) is 0 Å². The molecular weight excluding hydrogens is 426 g/mol. The van der Waals surface area contributed by atoms with E-state index in [2.05, 4.69) is 0 Å². The number of rotatable bonds is 4. The topological polar surface area (TPSA) is 134 Å². The largest absolute Gasteiger partial charge is 0.469 e. The number of anilines is 1. The molecule has 33 heavy (non-hydrogen) atoms. The maximum absolute atomic E-state index is 13.2. The third-order valence-corrected chi connectivity index (χ3v) is 6.65. The highest BCUT2D eigenvalue weighted by molar-refractivity contribution is 5.95. The zero-order valence-corrected chi connectivity index (χ0v) is 18.3. The van der Waals surface area contributed by atoms with Crippen LogP contribution in [-0.4, -0.2) is 33.7 Å². The van der Waals surface area contributed by atoms with Crippen molar-refractivity contribution in [3.8, 4) is 11.4 Å². The highest BCUT2D eigenvalue weighted by Crippen LogP contribution is 2.39. The zero-order chi connectivity index (χ0) is 23.5. The molecule has 0 radical (unpaired) electrons. The second kappa shape index (κ2) is 7.41. The van der Waals surface area contributed by atoms with Gasteiger partial charge in [-0.1, -0.05) is 13.0 Å². The van der Waals surface area contributed by atoms with E-state index >= 15 is 0 Å². The van der Waals surface area contributed by atoms with E-state index in [1.165, 1.54) is 7.11 Å². The van der Waals surface area contributed by atoms with Gasteiger partial charge >= 0.3 is 11.9 Å². The van der Waals surface area contributed by atoms with Gasteiger partial charge in [-0.2, -0.15) is 0 Å². The van der Waals surface area contributed by atoms with Crippen molar-refractivity contribution in [3.63, 3.8) is 0 Å². The molecule has 3 aromatic rings. The van der Waals surface area contributed by atoms with Crippen LogP contribution in [0.3, 0.4) is 0 Å². The van der Waals surface area contributed by atoms with E-state index in [0.29, 0.717) is 35.6 Å². The van der Waals surface area contributed by atoms with Crippen molar-refractivity contribution in [1.82, 2.24) is 9.55 Å². The molecule has 1 atom stereocenters. The Morgan fingerprint density at radius 1 is 1.33 bits per heavy atom. The standard InChI is InChI=1S/C24H23N3O6/c1-3-24(31)16-9-18-21-13(10-27(18)22(29)15(16)11-33-23(24)30)8-14-17(26-21)6-4-12(20(14)25)5-7-19(28)32-2/h4,6,8-9,31H,3,5,7,10-11,25H2,1-2H3/t24-/m0/s1. The lowest BCUT2D eigenvalue weighted by molar-refractivity contribution is -0.172. The van der Waals surface area contributed by atoms with Crippen LogP contribution >= 0.6 is 0 Å². The minimum atomic E-state index is -1.86. The molecule has 170 valence electrons. The van der Waals surface area contributed by atoms with E-state index in [1.54, 1.807) is 17.6 Å². The maximum atomic E-state index is 13.2. The van der Waals surface area contributed by atoms with Crippen LogP contribution in [-0.2, 0) is 44.2 Å². The number of aliphatic hydroxyl groups is 1. The van der Waals surface area contributed by atoms with Crippen LogP contribution in [0, 0.1) is 0 Å². The minimum absolute atomic E-state index is 0.0879. The smallest absolute Gasteiger partial charge is 0.343 e. The van der Waals surface area contributed by atoms with Crippen molar-refractivity contribution in [3.05, 3.63) is 56.9 Å². The molecule has 2 aliphatic rings. The number of aromatic nitrogens is 2. The van der Waals surface area contributed by atoms with Gasteiger partial charge in [-0.25, -0.2) is 9.78 Å². The number of carbonyl (C=O) groups is 2. The van der Waals surface area contributed by atoms with Crippen molar-refractivity contribution >= 4 is 28.5 Å². The minimum Gasteiger partial charge on any atom is -0.469 e. The maximum Gasteiger partial charge on any atom is 0.343 e. The van der Waals surface area contributed by atoms with Gasteiger partial charge in [-0.3, -0.25) is 9.59 Å². The lowest BCUT2D eigenvalue weighted by Crippen LogP contribution is -2.44. The quantitative estimate of drug-likeness (QED) is 0.356. The summed E-state index contributed by atoms with van der Waals surface area (Å²) in [6, 6.07) is 7.26. The first-order valence-corrected chi connectivity index (χ1v) is 10.7. The lowest BCUT2D eigenvalue weighted by Gasteiger charge is -2.31. The Balaban J connectivity index is 1.64. The summed E-state index contributed by atoms with van der Waals surface area (Å²) >= 11 is 0. The van der Waals surface area contributed by atoms with Crippen LogP contribution in [0.1, 0.15) is 42.0 Å². The molecule has 4 heterocycles. The van der Waals surface area contributed by atoms with Gasteiger partial charge in [0, 0.05) is 28.6 Å². The number of esters is 2. The molecule has 5 rings (SSSR count). The second-order valence-corrected chi connectivity index (χ2v) is 8.38. The van der Waals surface area contributed by atoms with E-state index in [1.807, 2.05) is 18.2 Å². The normalized spacial score (nSPS) is 18.5. The molecule has 0 aliphatic carbocycles. The molecule has 9 nitrogen and oxygen atoms in total. The van der Waals surface area contributed by atoms with Gasteiger partial charge in [-0.05, 0) is 36.6 Å². The summed E-state index contributed by atoms with van der Waals surface area (Å²) in [7, 11) is 1.35. The average Bonchev–Trinajstić information content (AvgIpc) is 3.18. The highest BCUT2D eigenvalue weighted by Gasteiger charge is 2.45. The molecule has 1 aromatic carbocycles. The summed E-state index contributed by atoms with van der Waals surface area (Å²) in [5.41, 5.74) is 8.77. The summed E-state index contributed by atoms with van der Waals surface area (Å²) < 4.78 is 11.4. The number of aryl methyl sites for hydroxylation is 1. The van der Waals surface area contributed by atoms with Gasteiger partial charge in [0.2, 0.25) is 0 Å². The number of nitrogens with two attached hydrogens (primary N) is 1. The Kier molecular flexibility index (Phi) is 4.75. The third kappa shape index (κ3) is 3.03. The Morgan fingerprint density at radius 3 is 2.85 bits per heavy atom. The van der Waals surface area contributed by atoms with Crippen LogP contribution < -0.4 is 11.3 Å². The van der Waals surface area contributed by atoms with Crippen LogP contribution in [0.25, 0.3) is 22.3 Å². The van der Waals surface area contributed by atoms with E-state index in [4.69, 9.17) is 20.2 Å². The molecule has 0 bridgehead atoms. The average molecular weight is 449 g/mol. The molecule has 2 aromatic heterocycles. The van der Waals surface area contributed by atoms with Gasteiger partial charge in [0.15, 0.2) is 5.60 Å². The number of ether oxygens (including phenoxy) is 2. The summed E-state index contributed by atoms with van der Waals surface area (Å²) in [6.07, 6.45) is 0.754. The predicted octanol–water partition coefficient (Wildman–Crippen LogP) is 1.77. The first kappa shape index (κ1) is 21.1. The number of hydrogen-bond donors (Lipinski definition) is 2. The van der Waals surface area contributed by atoms with Gasteiger partial charge < -0.3 is 24.9 Å². The van der Waals surface area contributed by atoms with Crippen molar-refractivity contribution in [1.29, 1.82) is 0 Å². The van der Waals surface area contributed by atoms with Gasteiger partial charge in [0.25, 0.3) is 5.56 Å². The van der Waals surface area contributed by atoms with Crippen molar-refractivity contribution in [2.45, 2.75) is 44.9 Å². The molecule has 9 heteroatoms. The second-order valence-electron chi connectivity index (χ2n) is 8.38. The van der Waals surface area contributed by atoms with Crippen LogP contribution in [0.4, 0.5) is 5.69 Å². The SMILES string of the molecule is CC[C@@]1(O)C(=O)OCc2c1cc1n(c2=O)Cc2cc3c(N)c(CCC(=O)OC)ccc3nc2-1. The number of benzene rings is 1. The van der Waals surface area contributed by atoms with Crippen LogP contribution in [0.2, 0.25) is 0 Å². The Morgan fingerprint density at radius 2 is 2.12 bits per heavy atom. The molecule has 0 unspecified atom stereocenters. The van der Waals surface area contributed by atoms with E-state index in [9.17, 15) is 19.5 Å². The molecule has 0 saturated carbocycles. The van der Waals surface area contributed by atoms with Gasteiger partial charge in [-0.15, -0.1) is 0 Å². The van der Waals surface area contributed by atoms with Crippen LogP contribution in [0.5, 0.6) is 0 Å². The van der Waals surface area contributed by atoms with Crippen molar-refractivity contribution < 1.29 is 24.2 Å². The molecule has 2 aliphatic heterocycles. The molecule has 0 saturated heterocycles. The number of cyclic esters (lactones) is 1. The fourth-order valence-corrected chi connectivity index (χ4v) is 4.68. The number of nitrogen functional groups attached to an aromatic ring is 1. The van der Waals surface area contributed by atoms with E-state index < -0.39 is 11.6 Å². The molecule has 0 fully saturated rings. The number of hydrogen-bond acceptors (Lipinski definition) is 8. The monoisotopic (exact) mass is 449 g/mol. The Labute approximate surface area is 188 Å². The predicted molar refractivity (Wildman–Crippen MR) is 119 cm³/mol. The molecule has 0 spiro atoms. The first-order valence-electron chi connectivity index (χ1n) is 10.7. The van der Waals surface area contributed by atoms with E-state index in [-0.39, 0.29) is 42.1 Å². The summed E-state index contributed by atoms with van der Waals surface area (Å²) in [4.78, 5) is 41.8. The van der Waals surface area contributed by atoms with Crippen LogP contribution in [0.15, 0.2) is 29.1 Å².